The van der Waals surface area contributed by atoms with E-state index >= 15 is 0 Å². The smallest absolute Gasteiger partial charge is 0.410 e. The Balaban J connectivity index is 2.07. The van der Waals surface area contributed by atoms with Crippen molar-refractivity contribution < 1.29 is 19.1 Å². The van der Waals surface area contributed by atoms with Gasteiger partial charge in [0.1, 0.15) is 11.4 Å². The van der Waals surface area contributed by atoms with Gasteiger partial charge in [0, 0.05) is 18.9 Å². The molecule has 5 heteroatoms. The van der Waals surface area contributed by atoms with Gasteiger partial charge in [0.25, 0.3) is 0 Å². The number of nitrogens with zero attached hydrogens (tertiary/aromatic N) is 1. The highest BCUT2D eigenvalue weighted by molar-refractivity contribution is 5.84. The third-order valence-electron chi connectivity index (χ3n) is 3.61. The molecule has 5 nitrogen and oxygen atoms in total. The van der Waals surface area contributed by atoms with E-state index < -0.39 is 5.60 Å². The van der Waals surface area contributed by atoms with Gasteiger partial charge in [-0.3, -0.25) is 9.69 Å². The van der Waals surface area contributed by atoms with E-state index in [2.05, 4.69) is 0 Å². The van der Waals surface area contributed by atoms with Crippen molar-refractivity contribution in [2.75, 3.05) is 19.8 Å². The molecule has 0 aromatic heterocycles. The zero-order chi connectivity index (χ0) is 14.0. The van der Waals surface area contributed by atoms with E-state index in [0.29, 0.717) is 26.2 Å². The number of morpholine rings is 1. The maximum atomic E-state index is 12.2. The van der Waals surface area contributed by atoms with Gasteiger partial charge >= 0.3 is 6.09 Å². The Hall–Kier alpha value is -1.10. The number of carbonyl (C=O) groups excluding carboxylic acids is 2. The number of ketones is 1. The van der Waals surface area contributed by atoms with Gasteiger partial charge in [-0.1, -0.05) is 0 Å². The summed E-state index contributed by atoms with van der Waals surface area (Å²) in [6.45, 7) is 7.00. The predicted octanol–water partition coefficient (Wildman–Crippen LogP) is 1.99. The van der Waals surface area contributed by atoms with Crippen LogP contribution >= 0.6 is 0 Å². The molecule has 2 rings (SSSR count). The van der Waals surface area contributed by atoms with Crippen LogP contribution in [-0.2, 0) is 14.3 Å². The van der Waals surface area contributed by atoms with Gasteiger partial charge < -0.3 is 9.47 Å². The van der Waals surface area contributed by atoms with Crippen molar-refractivity contribution in [1.29, 1.82) is 0 Å². The first-order valence-corrected chi connectivity index (χ1v) is 6.98. The van der Waals surface area contributed by atoms with Gasteiger partial charge in [0.05, 0.1) is 19.3 Å². The van der Waals surface area contributed by atoms with E-state index in [1.54, 1.807) is 4.90 Å². The first-order chi connectivity index (χ1) is 8.88. The van der Waals surface area contributed by atoms with Crippen molar-refractivity contribution in [3.8, 4) is 0 Å². The molecule has 1 saturated heterocycles. The minimum absolute atomic E-state index is 0.0761. The Kier molecular flexibility index (Phi) is 4.13. The summed E-state index contributed by atoms with van der Waals surface area (Å²) < 4.78 is 10.9. The Labute approximate surface area is 114 Å². The second kappa shape index (κ2) is 5.49. The lowest BCUT2D eigenvalue weighted by atomic mass is 9.95. The summed E-state index contributed by atoms with van der Waals surface area (Å²) in [6.07, 6.45) is 2.07. The lowest BCUT2D eigenvalue weighted by Crippen LogP contribution is -2.54. The molecule has 1 aliphatic carbocycles. The van der Waals surface area contributed by atoms with Crippen molar-refractivity contribution in [2.45, 2.75) is 51.7 Å². The van der Waals surface area contributed by atoms with Crippen LogP contribution in [0.5, 0.6) is 0 Å². The fourth-order valence-electron chi connectivity index (χ4n) is 2.75. The zero-order valence-electron chi connectivity index (χ0n) is 12.0. The molecule has 0 N–H and O–H groups in total. The molecule has 1 aliphatic heterocycles. The highest BCUT2D eigenvalue weighted by atomic mass is 16.6. The Bertz CT molecular complexity index is 361. The molecule has 1 heterocycles. The second-order valence-corrected chi connectivity index (χ2v) is 6.28. The number of carbonyl (C=O) groups is 2. The van der Waals surface area contributed by atoms with Crippen molar-refractivity contribution in [1.82, 2.24) is 4.90 Å². The van der Waals surface area contributed by atoms with Crippen LogP contribution in [0.2, 0.25) is 0 Å². The fraction of sp³-hybridized carbons (Fsp3) is 0.857. The number of rotatable bonds is 1. The molecule has 108 valence electrons. The molecule has 2 fully saturated rings. The number of hydrogen-bond donors (Lipinski definition) is 0. The van der Waals surface area contributed by atoms with E-state index in [9.17, 15) is 9.59 Å². The van der Waals surface area contributed by atoms with E-state index in [4.69, 9.17) is 9.47 Å². The fourth-order valence-corrected chi connectivity index (χ4v) is 2.75. The summed E-state index contributed by atoms with van der Waals surface area (Å²) in [5.74, 6) is 0.178. The number of ether oxygens (including phenoxy) is 2. The molecule has 0 spiro atoms. The maximum absolute atomic E-state index is 12.2. The summed E-state index contributed by atoms with van der Waals surface area (Å²) in [5, 5.41) is 0. The average Bonchev–Trinajstić information content (AvgIpc) is 2.73. The third-order valence-corrected chi connectivity index (χ3v) is 3.61. The molecule has 0 aromatic rings. The Morgan fingerprint density at radius 2 is 2.16 bits per heavy atom. The average molecular weight is 269 g/mol. The van der Waals surface area contributed by atoms with Crippen LogP contribution in [0, 0.1) is 5.92 Å². The zero-order valence-corrected chi connectivity index (χ0v) is 12.0. The van der Waals surface area contributed by atoms with Gasteiger partial charge in [-0.25, -0.2) is 4.79 Å². The van der Waals surface area contributed by atoms with Gasteiger partial charge in [-0.15, -0.1) is 0 Å². The van der Waals surface area contributed by atoms with Gasteiger partial charge in [0.2, 0.25) is 0 Å². The minimum Gasteiger partial charge on any atom is -0.444 e. The van der Waals surface area contributed by atoms with Crippen LogP contribution in [0.3, 0.4) is 0 Å². The summed E-state index contributed by atoms with van der Waals surface area (Å²) in [4.78, 5) is 25.8. The quantitative estimate of drug-likeness (QED) is 0.730. The first-order valence-electron chi connectivity index (χ1n) is 6.98. The monoisotopic (exact) mass is 269 g/mol. The van der Waals surface area contributed by atoms with Crippen molar-refractivity contribution in [3.05, 3.63) is 0 Å². The molecular formula is C14H23NO4. The summed E-state index contributed by atoms with van der Waals surface area (Å²) in [7, 11) is 0. The van der Waals surface area contributed by atoms with Crippen LogP contribution < -0.4 is 0 Å². The van der Waals surface area contributed by atoms with Crippen LogP contribution in [0.25, 0.3) is 0 Å². The van der Waals surface area contributed by atoms with E-state index in [1.165, 1.54) is 0 Å². The predicted molar refractivity (Wildman–Crippen MR) is 69.9 cm³/mol. The molecule has 0 bridgehead atoms. The standard InChI is InChI=1S/C14H23NO4/c1-14(2,3)19-13(17)15-7-8-18-9-11(15)10-5-4-6-12(10)16/h10-11H,4-9H2,1-3H3. The SMILES string of the molecule is CC(C)(C)OC(=O)N1CCOCC1C1CCCC1=O. The Morgan fingerprint density at radius 3 is 2.74 bits per heavy atom. The second-order valence-electron chi connectivity index (χ2n) is 6.28. The molecular weight excluding hydrogens is 246 g/mol. The van der Waals surface area contributed by atoms with Crippen LogP contribution in [0.4, 0.5) is 4.79 Å². The molecule has 2 unspecified atom stereocenters. The largest absolute Gasteiger partial charge is 0.444 e. The number of hydrogen-bond acceptors (Lipinski definition) is 4. The van der Waals surface area contributed by atoms with Gasteiger partial charge in [-0.2, -0.15) is 0 Å². The van der Waals surface area contributed by atoms with E-state index in [1.807, 2.05) is 20.8 Å². The topological polar surface area (TPSA) is 55.8 Å². The van der Waals surface area contributed by atoms with Crippen LogP contribution in [-0.4, -0.2) is 48.2 Å². The molecule has 1 amide bonds. The van der Waals surface area contributed by atoms with E-state index in [0.717, 1.165) is 12.8 Å². The van der Waals surface area contributed by atoms with E-state index in [-0.39, 0.29) is 23.8 Å². The highest BCUT2D eigenvalue weighted by Gasteiger charge is 2.40. The summed E-state index contributed by atoms with van der Waals surface area (Å²) in [6, 6.07) is -0.154. The van der Waals surface area contributed by atoms with Crippen LogP contribution in [0.1, 0.15) is 40.0 Å². The molecule has 1 saturated carbocycles. The Morgan fingerprint density at radius 1 is 1.42 bits per heavy atom. The number of amides is 1. The van der Waals surface area contributed by atoms with Gasteiger partial charge in [0.15, 0.2) is 0 Å². The lowest BCUT2D eigenvalue weighted by molar-refractivity contribution is -0.125. The van der Waals surface area contributed by atoms with Crippen molar-refractivity contribution in [3.63, 3.8) is 0 Å². The summed E-state index contributed by atoms with van der Waals surface area (Å²) >= 11 is 0. The summed E-state index contributed by atoms with van der Waals surface area (Å²) in [5.41, 5.74) is -0.514. The van der Waals surface area contributed by atoms with Gasteiger partial charge in [-0.05, 0) is 33.6 Å². The molecule has 19 heavy (non-hydrogen) atoms. The normalized spacial score (nSPS) is 28.6. The highest BCUT2D eigenvalue weighted by Crippen LogP contribution is 2.29. The molecule has 0 radical (unpaired) electrons. The molecule has 2 atom stereocenters. The number of Topliss-reactive ketones (excluding diaryl/α,β-unsaturated/α-hetero) is 1. The van der Waals surface area contributed by atoms with Crippen molar-refractivity contribution >= 4 is 11.9 Å². The van der Waals surface area contributed by atoms with Crippen LogP contribution in [0.15, 0.2) is 0 Å². The third kappa shape index (κ3) is 3.47. The van der Waals surface area contributed by atoms with Crippen molar-refractivity contribution in [2.24, 2.45) is 5.92 Å². The molecule has 0 aromatic carbocycles. The maximum Gasteiger partial charge on any atom is 0.410 e. The first kappa shape index (κ1) is 14.3. The molecule has 2 aliphatic rings. The lowest BCUT2D eigenvalue weighted by Gasteiger charge is -2.39. The minimum atomic E-state index is -0.514.